The zero-order valence-corrected chi connectivity index (χ0v) is 44.3. The first-order chi connectivity index (χ1) is 36.1. The van der Waals surface area contributed by atoms with Crippen LogP contribution in [0.1, 0.15) is 65.7 Å². The largest absolute Gasteiger partial charge is 0.481 e. The van der Waals surface area contributed by atoms with E-state index in [4.69, 9.17) is 16.6 Å². The van der Waals surface area contributed by atoms with Crippen molar-refractivity contribution in [1.82, 2.24) is 58.1 Å². The smallest absolute Gasteiger partial charge is 0.326 e. The van der Waals surface area contributed by atoms with E-state index in [1.54, 1.807) is 20.1 Å². The Kier molecular flexibility index (Phi) is 30.2. The van der Waals surface area contributed by atoms with Crippen molar-refractivity contribution in [2.24, 2.45) is 17.4 Å². The highest BCUT2D eigenvalue weighted by Gasteiger charge is 2.37. The molecule has 77 heavy (non-hydrogen) atoms. The van der Waals surface area contributed by atoms with E-state index in [2.05, 4.69) is 55.2 Å². The predicted molar refractivity (Wildman–Crippen MR) is 270 cm³/mol. The molecule has 0 bridgehead atoms. The number of hydrogen-bond donors (Lipinski definition) is 17. The van der Waals surface area contributed by atoms with Crippen molar-refractivity contribution in [3.63, 3.8) is 0 Å². The molecule has 1 heterocycles. The minimum atomic E-state index is -1.96. The number of carboxylic acid groups (broad SMARTS) is 3. The number of nitrogens with zero attached hydrogens (tertiary/aromatic N) is 1. The van der Waals surface area contributed by atoms with Gasteiger partial charge in [0.15, 0.2) is 0 Å². The molecule has 0 spiro atoms. The molecule has 0 aliphatic carbocycles. The number of carbonyl (C=O) groups is 15. The van der Waals surface area contributed by atoms with Crippen LogP contribution in [0.15, 0.2) is 0 Å². The number of likely N-dealkylation sites (tertiary alicyclic amines) is 1. The number of aliphatic hydroxyl groups excluding tert-OH is 1. The molecule has 1 rings (SSSR count). The number of hydrogen-bond acceptors (Lipinski definition) is 19. The third-order valence-corrected chi connectivity index (χ3v) is 12.1. The molecule has 432 valence electrons. The number of rotatable bonds is 35. The first-order valence-electron chi connectivity index (χ1n) is 23.7. The van der Waals surface area contributed by atoms with E-state index in [0.717, 1.165) is 0 Å². The Hall–Kier alpha value is -7.33. The first kappa shape index (κ1) is 67.7. The van der Waals surface area contributed by atoms with Crippen LogP contribution in [0, 0.1) is 5.92 Å². The van der Waals surface area contributed by atoms with Gasteiger partial charge in [0.25, 0.3) is 0 Å². The quantitative estimate of drug-likeness (QED) is 0.0262. The van der Waals surface area contributed by atoms with Crippen molar-refractivity contribution >= 4 is 113 Å². The number of aliphatic hydroxyl groups is 1. The lowest BCUT2D eigenvalue weighted by molar-refractivity contribution is -0.144. The zero-order chi connectivity index (χ0) is 58.7. The fraction of sp³-hybridized carbons (Fsp3) is 0.651. The van der Waals surface area contributed by atoms with Crippen LogP contribution in [0.3, 0.4) is 0 Å². The number of aliphatic carboxylic acids is 3. The van der Waals surface area contributed by atoms with Crippen molar-refractivity contribution in [2.75, 3.05) is 50.5 Å². The molecule has 0 unspecified atom stereocenters. The van der Waals surface area contributed by atoms with Gasteiger partial charge in [-0.3, -0.25) is 67.1 Å². The third-order valence-electron chi connectivity index (χ3n) is 11.1. The number of thioether (sulfide) groups is 1. The maximum absolute atomic E-state index is 13.4. The number of carbonyl (C=O) groups excluding carboxylic acids is 12. The summed E-state index contributed by atoms with van der Waals surface area (Å²) in [6, 6.07) is -13.1. The van der Waals surface area contributed by atoms with Crippen LogP contribution in [0.4, 0.5) is 0 Å². The Balaban J connectivity index is 2.88. The summed E-state index contributed by atoms with van der Waals surface area (Å²) in [5.41, 5.74) is 10.7. The maximum atomic E-state index is 13.4. The predicted octanol–water partition coefficient (Wildman–Crippen LogP) is -8.30. The van der Waals surface area contributed by atoms with Gasteiger partial charge in [0.1, 0.15) is 48.3 Å². The van der Waals surface area contributed by atoms with Gasteiger partial charge in [0, 0.05) is 18.7 Å². The molecule has 0 aromatic heterocycles. The molecule has 32 nitrogen and oxygen atoms in total. The number of amides is 12. The van der Waals surface area contributed by atoms with E-state index in [-0.39, 0.29) is 25.1 Å². The van der Waals surface area contributed by atoms with Crippen molar-refractivity contribution < 1.29 is 92.3 Å². The molecule has 1 aliphatic rings. The van der Waals surface area contributed by atoms with Crippen LogP contribution >= 0.6 is 24.4 Å². The van der Waals surface area contributed by atoms with Crippen molar-refractivity contribution in [2.45, 2.75) is 120 Å². The minimum Gasteiger partial charge on any atom is -0.481 e. The molecular formula is C43H69N13O19S2. The Morgan fingerprint density at radius 2 is 1.17 bits per heavy atom. The summed E-state index contributed by atoms with van der Waals surface area (Å²) in [6.45, 7) is 0.922. The lowest BCUT2D eigenvalue weighted by atomic mass is 10.0. The zero-order valence-electron chi connectivity index (χ0n) is 42.5. The van der Waals surface area contributed by atoms with Crippen LogP contribution in [-0.2, 0) is 71.9 Å². The maximum Gasteiger partial charge on any atom is 0.326 e. The highest BCUT2D eigenvalue weighted by molar-refractivity contribution is 7.98. The molecule has 1 saturated heterocycles. The monoisotopic (exact) mass is 1140 g/mol. The van der Waals surface area contributed by atoms with Crippen molar-refractivity contribution in [3.05, 3.63) is 0 Å². The van der Waals surface area contributed by atoms with Gasteiger partial charge in [-0.15, -0.1) is 0 Å². The Morgan fingerprint density at radius 3 is 1.71 bits per heavy atom. The van der Waals surface area contributed by atoms with E-state index in [0.29, 0.717) is 12.2 Å². The topological polar surface area (TPSA) is 513 Å². The normalized spacial score (nSPS) is 15.9. The molecule has 1 aliphatic heterocycles. The van der Waals surface area contributed by atoms with Crippen molar-refractivity contribution in [1.29, 1.82) is 0 Å². The Labute approximate surface area is 450 Å². The summed E-state index contributed by atoms with van der Waals surface area (Å²) < 4.78 is 0. The second kappa shape index (κ2) is 34.4. The average molecular weight is 1140 g/mol. The standard InChI is InChI=1S/C43H69N13O19S2/c1-19(2)34(43(74)75)55-39(70)23(9-11-77-4)52-42(73)27-6-5-10-56(27)31(61)16-46-29(59)14-47-38(69)25(17-57)53-40(71)24(13-33(64)65)50-30(60)15-48-37(68)22(7-8-28(45)58)51-41(72)26(18-76)54-35(66)20(3)49-36(67)21(44)12-32(62)63/h19-27,34,57,76H,5-18,44H2,1-4H3,(H2,45,58)(H,46,59)(H,47,69)(H,48,68)(H,49,67)(H,50,60)(H,51,72)(H,52,73)(H,53,71)(H,54,66)(H,55,70)(H,62,63)(H,64,65)(H,74,75)/t20-,21-,22-,23-,24-,25-,26-,27-,34-/m0/s1. The molecule has 0 aromatic rings. The fourth-order valence-corrected chi connectivity index (χ4v) is 7.61. The summed E-state index contributed by atoms with van der Waals surface area (Å²) >= 11 is 5.40. The molecule has 0 saturated carbocycles. The van der Waals surface area contributed by atoms with Gasteiger partial charge in [-0.1, -0.05) is 13.8 Å². The van der Waals surface area contributed by atoms with Gasteiger partial charge in [-0.05, 0) is 50.5 Å². The molecule has 1 fully saturated rings. The van der Waals surface area contributed by atoms with Gasteiger partial charge in [-0.25, -0.2) is 4.79 Å². The first-order valence-corrected chi connectivity index (χ1v) is 25.7. The lowest BCUT2D eigenvalue weighted by Gasteiger charge is -2.27. The minimum absolute atomic E-state index is 0.111. The van der Waals surface area contributed by atoms with E-state index in [1.165, 1.54) is 23.6 Å². The number of carboxylic acids is 3. The SMILES string of the molecule is CSCC[C@H](NC(=O)[C@@H]1CCCN1C(=O)CNC(=O)CNC(=O)[C@H](CO)NC(=O)[C@H](CC(=O)O)NC(=O)CNC(=O)[C@H](CCC(N)=O)NC(=O)[C@H](CS)NC(=O)[C@H](C)NC(=O)[C@@H](N)CC(=O)O)C(=O)N[C@H](C(=O)O)C(C)C. The van der Waals surface area contributed by atoms with Crippen LogP contribution < -0.4 is 64.6 Å². The third kappa shape index (κ3) is 24.9. The van der Waals surface area contributed by atoms with Gasteiger partial charge >= 0.3 is 17.9 Å². The summed E-state index contributed by atoms with van der Waals surface area (Å²) in [7, 11) is 0. The number of nitrogens with one attached hydrogen (secondary N) is 10. The molecule has 0 radical (unpaired) electrons. The van der Waals surface area contributed by atoms with Gasteiger partial charge in [-0.2, -0.15) is 24.4 Å². The number of thiol groups is 1. The number of primary amides is 1. The van der Waals surface area contributed by atoms with Crippen molar-refractivity contribution in [3.8, 4) is 0 Å². The summed E-state index contributed by atoms with van der Waals surface area (Å²) in [5.74, 6) is -16.5. The summed E-state index contributed by atoms with van der Waals surface area (Å²) in [4.78, 5) is 189. The van der Waals surface area contributed by atoms with E-state index in [1.807, 2.05) is 10.6 Å². The van der Waals surface area contributed by atoms with Gasteiger partial charge < -0.3 is 90.0 Å². The average Bonchev–Trinajstić information content (AvgIpc) is 3.86. The van der Waals surface area contributed by atoms with Gasteiger partial charge in [0.2, 0.25) is 70.9 Å². The van der Waals surface area contributed by atoms with Crippen LogP contribution in [-0.4, -0.2) is 219 Å². The molecule has 0 aromatic carbocycles. The molecular weight excluding hydrogens is 1070 g/mol. The Bertz CT molecular complexity index is 2190. The van der Waals surface area contributed by atoms with E-state index < -0.39 is 201 Å². The summed E-state index contributed by atoms with van der Waals surface area (Å²) in [6.07, 6.45) is -0.270. The molecule has 12 amide bonds. The van der Waals surface area contributed by atoms with Crippen LogP contribution in [0.25, 0.3) is 0 Å². The molecule has 9 atom stereocenters. The lowest BCUT2D eigenvalue weighted by Crippen LogP contribution is -2.58. The second-order valence-corrected chi connectivity index (χ2v) is 18.9. The fourth-order valence-electron chi connectivity index (χ4n) is 6.88. The highest BCUT2D eigenvalue weighted by Crippen LogP contribution is 2.18. The highest BCUT2D eigenvalue weighted by atomic mass is 32.2. The molecule has 34 heteroatoms. The van der Waals surface area contributed by atoms with E-state index in [9.17, 15) is 87.2 Å². The van der Waals surface area contributed by atoms with E-state index >= 15 is 0 Å². The van der Waals surface area contributed by atoms with Crippen LogP contribution in [0.2, 0.25) is 0 Å². The molecule has 18 N–H and O–H groups in total. The summed E-state index contributed by atoms with van der Waals surface area (Å²) in [5, 5.41) is 59.9. The second-order valence-electron chi connectivity index (χ2n) is 17.6. The number of nitrogens with two attached hydrogens (primary N) is 2. The Morgan fingerprint density at radius 1 is 0.623 bits per heavy atom. The van der Waals surface area contributed by atoms with Gasteiger partial charge in [0.05, 0.1) is 45.1 Å². The van der Waals surface area contributed by atoms with Crippen LogP contribution in [0.5, 0.6) is 0 Å².